The molecule has 4 rings (SSSR count). The second kappa shape index (κ2) is 12.1. The van der Waals surface area contributed by atoms with Crippen molar-refractivity contribution in [2.45, 2.75) is 31.3 Å². The summed E-state index contributed by atoms with van der Waals surface area (Å²) in [5.41, 5.74) is 1.13. The molecule has 2 N–H and O–H groups in total. The van der Waals surface area contributed by atoms with Crippen LogP contribution in [0.15, 0.2) is 60.8 Å². The number of aromatic nitrogens is 1. The second-order valence-electron chi connectivity index (χ2n) is 9.28. The Bertz CT molecular complexity index is 1210. The number of nitrogens with zero attached hydrogens (tertiary/aromatic N) is 3. The van der Waals surface area contributed by atoms with Crippen LogP contribution < -0.4 is 9.64 Å². The third kappa shape index (κ3) is 7.09. The predicted octanol–water partition coefficient (Wildman–Crippen LogP) is 5.76. The van der Waals surface area contributed by atoms with Gasteiger partial charge in [-0.2, -0.15) is 13.2 Å². The molecule has 0 aliphatic carbocycles. The van der Waals surface area contributed by atoms with Crippen molar-refractivity contribution >= 4 is 28.9 Å². The lowest BCUT2D eigenvalue weighted by Gasteiger charge is -2.44. The van der Waals surface area contributed by atoms with Crippen LogP contribution in [-0.4, -0.2) is 59.0 Å². The molecule has 1 aliphatic rings. The molecular formula is C27H28Cl2F3N3O3. The first kappa shape index (κ1) is 28.4. The van der Waals surface area contributed by atoms with Gasteiger partial charge >= 0.3 is 6.18 Å². The zero-order chi connectivity index (χ0) is 27.4. The summed E-state index contributed by atoms with van der Waals surface area (Å²) < 4.78 is 44.1. The van der Waals surface area contributed by atoms with Gasteiger partial charge in [-0.3, -0.25) is 9.88 Å². The fourth-order valence-electron chi connectivity index (χ4n) is 4.41. The first-order chi connectivity index (χ1) is 18.0. The summed E-state index contributed by atoms with van der Waals surface area (Å²) in [7, 11) is 0. The molecular weight excluding hydrogens is 542 g/mol. The van der Waals surface area contributed by atoms with E-state index in [1.54, 1.807) is 19.1 Å². The number of aliphatic hydroxyl groups excluding tert-OH is 2. The number of hydrogen-bond donors (Lipinski definition) is 2. The monoisotopic (exact) mass is 569 g/mol. The van der Waals surface area contributed by atoms with E-state index in [-0.39, 0.29) is 19.2 Å². The van der Waals surface area contributed by atoms with Gasteiger partial charge < -0.3 is 19.8 Å². The third-order valence-electron chi connectivity index (χ3n) is 6.33. The molecule has 0 radical (unpaired) electrons. The number of ether oxygens (including phenoxy) is 1. The Hall–Kier alpha value is -2.56. The van der Waals surface area contributed by atoms with Gasteiger partial charge in [0.15, 0.2) is 0 Å². The van der Waals surface area contributed by atoms with Crippen molar-refractivity contribution < 1.29 is 28.1 Å². The topological polar surface area (TPSA) is 69.1 Å². The Kier molecular flexibility index (Phi) is 9.05. The lowest BCUT2D eigenvalue weighted by Crippen LogP contribution is -2.49. The zero-order valence-corrected chi connectivity index (χ0v) is 22.1. The number of anilines is 1. The number of rotatable bonds is 8. The van der Waals surface area contributed by atoms with Gasteiger partial charge in [0.05, 0.1) is 29.0 Å². The molecule has 1 aromatic heterocycles. The molecule has 3 atom stereocenters. The minimum atomic E-state index is -4.53. The maximum Gasteiger partial charge on any atom is 0.433 e. The minimum absolute atomic E-state index is 0.138. The molecule has 6 nitrogen and oxygen atoms in total. The van der Waals surface area contributed by atoms with Gasteiger partial charge in [0.1, 0.15) is 18.1 Å². The van der Waals surface area contributed by atoms with Crippen LogP contribution in [0.4, 0.5) is 18.9 Å². The first-order valence-corrected chi connectivity index (χ1v) is 12.8. The molecule has 11 heteroatoms. The van der Waals surface area contributed by atoms with Crippen molar-refractivity contribution in [2.24, 2.45) is 0 Å². The Morgan fingerprint density at radius 1 is 1.05 bits per heavy atom. The molecule has 204 valence electrons. The normalized spacial score (nSPS) is 18.3. The van der Waals surface area contributed by atoms with E-state index in [9.17, 15) is 23.4 Å². The fourth-order valence-corrected chi connectivity index (χ4v) is 4.82. The molecule has 2 aromatic carbocycles. The Morgan fingerprint density at radius 2 is 1.79 bits per heavy atom. The van der Waals surface area contributed by atoms with Gasteiger partial charge in [0.25, 0.3) is 0 Å². The van der Waals surface area contributed by atoms with Crippen LogP contribution in [0.3, 0.4) is 0 Å². The van der Waals surface area contributed by atoms with Crippen molar-refractivity contribution in [1.82, 2.24) is 9.88 Å². The number of hydrogen-bond acceptors (Lipinski definition) is 6. The predicted molar refractivity (Wildman–Crippen MR) is 141 cm³/mol. The number of piperazine rings is 1. The highest BCUT2D eigenvalue weighted by Crippen LogP contribution is 2.38. The molecule has 1 fully saturated rings. The van der Waals surface area contributed by atoms with Crippen molar-refractivity contribution in [3.05, 3.63) is 87.7 Å². The van der Waals surface area contributed by atoms with Crippen LogP contribution in [0.2, 0.25) is 10.0 Å². The average Bonchev–Trinajstić information content (AvgIpc) is 2.88. The summed E-state index contributed by atoms with van der Waals surface area (Å²) in [5, 5.41) is 21.3. The lowest BCUT2D eigenvalue weighted by molar-refractivity contribution is -0.141. The maximum atomic E-state index is 12.8. The van der Waals surface area contributed by atoms with E-state index in [2.05, 4.69) is 14.8 Å². The summed E-state index contributed by atoms with van der Waals surface area (Å²) in [6, 6.07) is 14.9. The van der Waals surface area contributed by atoms with Crippen LogP contribution in [0.1, 0.15) is 35.9 Å². The smallest absolute Gasteiger partial charge is 0.433 e. The fraction of sp³-hybridized carbons (Fsp3) is 0.370. The first-order valence-electron chi connectivity index (χ1n) is 12.1. The van der Waals surface area contributed by atoms with Crippen LogP contribution >= 0.6 is 23.2 Å². The van der Waals surface area contributed by atoms with Gasteiger partial charge in [0.2, 0.25) is 0 Å². The van der Waals surface area contributed by atoms with E-state index in [4.69, 9.17) is 27.9 Å². The van der Waals surface area contributed by atoms with Gasteiger partial charge in [-0.25, -0.2) is 0 Å². The molecule has 38 heavy (non-hydrogen) atoms. The molecule has 0 bridgehead atoms. The number of halogens is 5. The van der Waals surface area contributed by atoms with Gasteiger partial charge in [-0.05, 0) is 42.8 Å². The zero-order valence-electron chi connectivity index (χ0n) is 20.6. The number of benzene rings is 2. The van der Waals surface area contributed by atoms with Gasteiger partial charge in [0, 0.05) is 49.0 Å². The van der Waals surface area contributed by atoms with E-state index in [1.807, 2.05) is 30.3 Å². The highest BCUT2D eigenvalue weighted by molar-refractivity contribution is 6.33. The molecule has 0 amide bonds. The van der Waals surface area contributed by atoms with E-state index < -0.39 is 24.1 Å². The molecule has 2 unspecified atom stereocenters. The van der Waals surface area contributed by atoms with Crippen molar-refractivity contribution in [3.8, 4) is 5.75 Å². The van der Waals surface area contributed by atoms with E-state index in [0.29, 0.717) is 41.0 Å². The third-order valence-corrected chi connectivity index (χ3v) is 6.89. The minimum Gasteiger partial charge on any atom is -0.491 e. The molecule has 0 spiro atoms. The summed E-state index contributed by atoms with van der Waals surface area (Å²) >= 11 is 12.8. The molecule has 1 saturated heterocycles. The molecule has 0 saturated carbocycles. The number of β-amino-alcohol motifs (C(OH)–C–C–N with tert-alkyl or cyclic N) is 1. The van der Waals surface area contributed by atoms with Crippen LogP contribution in [0, 0.1) is 0 Å². The van der Waals surface area contributed by atoms with Gasteiger partial charge in [-0.15, -0.1) is 0 Å². The summed E-state index contributed by atoms with van der Waals surface area (Å²) in [6.07, 6.45) is -5.07. The Labute approximate surface area is 229 Å². The maximum absolute atomic E-state index is 12.8. The number of pyridine rings is 1. The quantitative estimate of drug-likeness (QED) is 0.359. The van der Waals surface area contributed by atoms with E-state index >= 15 is 0 Å². The number of alkyl halides is 3. The SMILES string of the molecule is CC(O)COc1ccc(N2CCN(CC(O)c3ccc(C(F)(F)F)nc3)C[C@H]2c2ccc(Cl)cc2)c(Cl)c1. The molecule has 1 aliphatic heterocycles. The van der Waals surface area contributed by atoms with Gasteiger partial charge in [-0.1, -0.05) is 41.4 Å². The van der Waals surface area contributed by atoms with Crippen LogP contribution in [0.25, 0.3) is 0 Å². The summed E-state index contributed by atoms with van der Waals surface area (Å²) in [6.45, 7) is 3.72. The van der Waals surface area contributed by atoms with E-state index in [0.717, 1.165) is 23.5 Å². The average molecular weight is 570 g/mol. The summed E-state index contributed by atoms with van der Waals surface area (Å²) in [5.74, 6) is 0.551. The van der Waals surface area contributed by atoms with Crippen LogP contribution in [0.5, 0.6) is 5.75 Å². The standard InChI is InChI=1S/C27H28Cl2F3N3O3/c1-17(36)16-38-21-7-8-23(22(29)12-21)35-11-10-34(14-24(35)18-2-5-20(28)6-3-18)15-25(37)19-4-9-26(33-13-19)27(30,31)32/h2-9,12-13,17,24-25,36-37H,10-11,14-16H2,1H3/t17?,24-,25?/m0/s1. The number of aliphatic hydroxyl groups is 2. The molecule has 2 heterocycles. The highest BCUT2D eigenvalue weighted by Gasteiger charge is 2.33. The Morgan fingerprint density at radius 3 is 2.39 bits per heavy atom. The van der Waals surface area contributed by atoms with Crippen molar-refractivity contribution in [3.63, 3.8) is 0 Å². The largest absolute Gasteiger partial charge is 0.491 e. The highest BCUT2D eigenvalue weighted by atomic mass is 35.5. The van der Waals surface area contributed by atoms with Crippen LogP contribution in [-0.2, 0) is 6.18 Å². The summed E-state index contributed by atoms with van der Waals surface area (Å²) in [4.78, 5) is 7.70. The van der Waals surface area contributed by atoms with Crippen molar-refractivity contribution in [1.29, 1.82) is 0 Å². The Balaban J connectivity index is 1.52. The molecule has 3 aromatic rings. The lowest BCUT2D eigenvalue weighted by atomic mass is 10.0. The van der Waals surface area contributed by atoms with Crippen molar-refractivity contribution in [2.75, 3.05) is 37.7 Å². The second-order valence-corrected chi connectivity index (χ2v) is 10.1. The van der Waals surface area contributed by atoms with E-state index in [1.165, 1.54) is 6.07 Å².